The smallest absolute Gasteiger partial charge is 0.303 e. The van der Waals surface area contributed by atoms with Crippen molar-refractivity contribution in [2.45, 2.75) is 128 Å². The van der Waals surface area contributed by atoms with E-state index >= 15 is 0 Å². The van der Waals surface area contributed by atoms with Crippen LogP contribution < -0.4 is 0 Å². The highest BCUT2D eigenvalue weighted by molar-refractivity contribution is 6.76. The van der Waals surface area contributed by atoms with Crippen LogP contribution in [0.4, 0.5) is 0 Å². The van der Waals surface area contributed by atoms with Crippen LogP contribution >= 0.6 is 0 Å². The van der Waals surface area contributed by atoms with Gasteiger partial charge in [0.2, 0.25) is 0 Å². The van der Waals surface area contributed by atoms with E-state index in [2.05, 4.69) is 19.6 Å². The number of hydrogen-bond donors (Lipinski definition) is 0. The van der Waals surface area contributed by atoms with E-state index in [4.69, 9.17) is 47.4 Å². The summed E-state index contributed by atoms with van der Waals surface area (Å²) in [6.45, 7) is 14.9. The lowest BCUT2D eigenvalue weighted by Crippen LogP contribution is -2.63. The molecular weight excluding hydrogens is 576 g/mol. The highest BCUT2D eigenvalue weighted by atomic mass is 28.3. The molecule has 3 heterocycles. The van der Waals surface area contributed by atoms with Gasteiger partial charge in [-0.1, -0.05) is 19.6 Å². The van der Waals surface area contributed by atoms with E-state index in [1.54, 1.807) is 13.8 Å². The normalized spacial score (nSPS) is 34.2. The van der Waals surface area contributed by atoms with Gasteiger partial charge in [0.05, 0.1) is 6.61 Å². The molecule has 0 aromatic carbocycles. The largest absolute Gasteiger partial charge is 0.463 e. The van der Waals surface area contributed by atoms with Crippen LogP contribution in [0.15, 0.2) is 0 Å². The molecule has 0 N–H and O–H groups in total. The number of carbonyl (C=O) groups is 4. The third-order valence-corrected chi connectivity index (χ3v) is 8.32. The van der Waals surface area contributed by atoms with Crippen molar-refractivity contribution in [3.05, 3.63) is 0 Å². The minimum atomic E-state index is -1.45. The standard InChI is InChI=1S/C27H44O14Si/c1-14(28)33-12-19-21-22(41-27(5,6)40-21)24(37-17(4)31)26(39-19)38-18-13-34-25(32-10-11-42(7,8)9)23(36-16(3)30)20(18)35-15(2)29/h18-26H,10-13H2,1-9H3/t18-,19-,20+,21+,22+,23-,24-,25-,26-/m1/s1. The Bertz CT molecular complexity index is 980. The van der Waals surface area contributed by atoms with Crippen LogP contribution in [0.2, 0.25) is 25.7 Å². The fraction of sp³-hybridized carbons (Fsp3) is 0.852. The lowest BCUT2D eigenvalue weighted by molar-refractivity contribution is -0.337. The number of fused-ring (bicyclic) bond motifs is 1. The van der Waals surface area contributed by atoms with E-state index in [0.717, 1.165) is 6.04 Å². The number of ether oxygens (including phenoxy) is 10. The van der Waals surface area contributed by atoms with Gasteiger partial charge in [-0.05, 0) is 19.9 Å². The first-order valence-electron chi connectivity index (χ1n) is 14.0. The number of carbonyl (C=O) groups excluding carboxylic acids is 4. The van der Waals surface area contributed by atoms with Gasteiger partial charge in [0.25, 0.3) is 0 Å². The molecule has 240 valence electrons. The van der Waals surface area contributed by atoms with Crippen LogP contribution in [0, 0.1) is 0 Å². The van der Waals surface area contributed by atoms with Crippen molar-refractivity contribution in [3.8, 4) is 0 Å². The van der Waals surface area contributed by atoms with Gasteiger partial charge in [-0.3, -0.25) is 19.2 Å². The first-order chi connectivity index (χ1) is 19.5. The van der Waals surface area contributed by atoms with Gasteiger partial charge < -0.3 is 47.4 Å². The highest BCUT2D eigenvalue weighted by Gasteiger charge is 2.59. The number of esters is 4. The molecule has 0 aromatic heterocycles. The van der Waals surface area contributed by atoms with Crippen LogP contribution in [0.5, 0.6) is 0 Å². The fourth-order valence-electron chi connectivity index (χ4n) is 4.91. The Morgan fingerprint density at radius 1 is 0.786 bits per heavy atom. The highest BCUT2D eigenvalue weighted by Crippen LogP contribution is 2.40. The molecule has 3 rings (SSSR count). The van der Waals surface area contributed by atoms with Crippen molar-refractivity contribution in [1.82, 2.24) is 0 Å². The van der Waals surface area contributed by atoms with Crippen molar-refractivity contribution in [2.75, 3.05) is 19.8 Å². The van der Waals surface area contributed by atoms with Gasteiger partial charge >= 0.3 is 23.9 Å². The Morgan fingerprint density at radius 3 is 1.93 bits per heavy atom. The van der Waals surface area contributed by atoms with Crippen LogP contribution in [0.25, 0.3) is 0 Å². The van der Waals surface area contributed by atoms with Crippen molar-refractivity contribution in [2.24, 2.45) is 0 Å². The van der Waals surface area contributed by atoms with Crippen LogP contribution in [-0.2, 0) is 66.5 Å². The monoisotopic (exact) mass is 620 g/mol. The SMILES string of the molecule is CC(=O)OC[C@H]1O[C@@H](O[C@@H]2CO[C@@H](OCC[Si](C)(C)C)[C@H](OC(C)=O)[C@H]2OC(C)=O)[C@H](OC(C)=O)[C@H]2OC(C)(C)O[C@H]21. The molecular formula is C27H44O14Si. The van der Waals surface area contributed by atoms with Gasteiger partial charge in [-0.2, -0.15) is 0 Å². The van der Waals surface area contributed by atoms with Crippen LogP contribution in [0.3, 0.4) is 0 Å². The van der Waals surface area contributed by atoms with E-state index in [1.165, 1.54) is 27.7 Å². The summed E-state index contributed by atoms with van der Waals surface area (Å²) < 4.78 is 58.3. The molecule has 9 atom stereocenters. The third-order valence-electron chi connectivity index (χ3n) is 6.61. The molecule has 15 heteroatoms. The van der Waals surface area contributed by atoms with Crippen molar-refractivity contribution >= 4 is 32.0 Å². The van der Waals surface area contributed by atoms with Crippen molar-refractivity contribution in [1.29, 1.82) is 0 Å². The maximum Gasteiger partial charge on any atom is 0.303 e. The molecule has 0 aromatic rings. The predicted octanol–water partition coefficient (Wildman–Crippen LogP) is 1.69. The second kappa shape index (κ2) is 14.1. The minimum Gasteiger partial charge on any atom is -0.463 e. The Balaban J connectivity index is 1.89. The van der Waals surface area contributed by atoms with Gasteiger partial charge in [0.15, 0.2) is 36.7 Å². The molecule has 0 amide bonds. The van der Waals surface area contributed by atoms with Gasteiger partial charge in [0.1, 0.15) is 31.0 Å². The average molecular weight is 621 g/mol. The fourth-order valence-corrected chi connectivity index (χ4v) is 5.64. The lowest BCUT2D eigenvalue weighted by atomic mass is 9.98. The molecule has 3 fully saturated rings. The van der Waals surface area contributed by atoms with E-state index in [9.17, 15) is 19.2 Å². The quantitative estimate of drug-likeness (QED) is 0.186. The van der Waals surface area contributed by atoms with E-state index in [0.29, 0.717) is 6.61 Å². The molecule has 42 heavy (non-hydrogen) atoms. The summed E-state index contributed by atoms with van der Waals surface area (Å²) >= 11 is 0. The second-order valence-corrected chi connectivity index (χ2v) is 17.8. The van der Waals surface area contributed by atoms with Crippen molar-refractivity contribution in [3.63, 3.8) is 0 Å². The van der Waals surface area contributed by atoms with E-state index in [-0.39, 0.29) is 13.2 Å². The van der Waals surface area contributed by atoms with Gasteiger partial charge in [-0.25, -0.2) is 0 Å². The van der Waals surface area contributed by atoms with Crippen molar-refractivity contribution < 1.29 is 66.5 Å². The zero-order valence-electron chi connectivity index (χ0n) is 25.7. The van der Waals surface area contributed by atoms with Gasteiger partial charge in [-0.15, -0.1) is 0 Å². The summed E-state index contributed by atoms with van der Waals surface area (Å²) in [4.78, 5) is 48.0. The summed E-state index contributed by atoms with van der Waals surface area (Å²) in [5, 5.41) is 0. The maximum atomic E-state index is 12.2. The first-order valence-corrected chi connectivity index (χ1v) is 17.7. The Hall–Kier alpha value is -2.14. The Labute approximate surface area is 246 Å². The first kappa shape index (κ1) is 34.3. The Kier molecular flexibility index (Phi) is 11.5. The molecule has 0 saturated carbocycles. The third kappa shape index (κ3) is 9.69. The summed E-state index contributed by atoms with van der Waals surface area (Å²) in [7, 11) is -1.45. The molecule has 0 spiro atoms. The summed E-state index contributed by atoms with van der Waals surface area (Å²) in [6, 6.07) is 0.822. The number of hydrogen-bond acceptors (Lipinski definition) is 14. The zero-order chi connectivity index (χ0) is 31.4. The molecule has 0 radical (unpaired) electrons. The van der Waals surface area contributed by atoms with E-state index in [1.807, 2.05) is 0 Å². The molecule has 3 saturated heterocycles. The second-order valence-electron chi connectivity index (χ2n) is 12.2. The molecule has 0 bridgehead atoms. The molecule has 3 aliphatic heterocycles. The van der Waals surface area contributed by atoms with E-state index < -0.39 is 93.0 Å². The summed E-state index contributed by atoms with van der Waals surface area (Å²) in [5.41, 5.74) is 0. The average Bonchev–Trinajstić information content (AvgIpc) is 3.16. The Morgan fingerprint density at radius 2 is 1.36 bits per heavy atom. The zero-order valence-corrected chi connectivity index (χ0v) is 26.7. The molecule has 3 aliphatic rings. The topological polar surface area (TPSA) is 161 Å². The molecule has 14 nitrogen and oxygen atoms in total. The summed E-state index contributed by atoms with van der Waals surface area (Å²) in [5.74, 6) is -3.54. The lowest BCUT2D eigenvalue weighted by Gasteiger charge is -2.45. The minimum absolute atomic E-state index is 0.147. The van der Waals surface area contributed by atoms with Gasteiger partial charge in [0, 0.05) is 42.4 Å². The molecule has 0 unspecified atom stereocenters. The van der Waals surface area contributed by atoms with Crippen LogP contribution in [0.1, 0.15) is 41.5 Å². The van der Waals surface area contributed by atoms with Crippen LogP contribution in [-0.4, -0.2) is 113 Å². The number of rotatable bonds is 11. The molecule has 0 aliphatic carbocycles. The maximum absolute atomic E-state index is 12.2. The summed E-state index contributed by atoms with van der Waals surface area (Å²) in [6.07, 6.45) is -9.34. The predicted molar refractivity (Wildman–Crippen MR) is 144 cm³/mol.